The lowest BCUT2D eigenvalue weighted by molar-refractivity contribution is -0.119. The highest BCUT2D eigenvalue weighted by Gasteiger charge is 2.21. The zero-order valence-electron chi connectivity index (χ0n) is 15.6. The SMILES string of the molecule is O=C(CSc1nncc2c1[nH]c1ccc(F)cc12)N[C@H]1CCCc2ccccc21. The molecule has 5 rings (SSSR count). The van der Waals surface area contributed by atoms with E-state index in [9.17, 15) is 9.18 Å². The summed E-state index contributed by atoms with van der Waals surface area (Å²) < 4.78 is 13.6. The number of benzene rings is 2. The van der Waals surface area contributed by atoms with Crippen LogP contribution in [-0.4, -0.2) is 26.8 Å². The van der Waals surface area contributed by atoms with E-state index in [0.29, 0.717) is 5.03 Å². The van der Waals surface area contributed by atoms with Crippen LogP contribution >= 0.6 is 11.8 Å². The molecule has 146 valence electrons. The minimum Gasteiger partial charge on any atom is -0.352 e. The maximum atomic E-state index is 13.6. The molecule has 0 unspecified atom stereocenters. The number of aryl methyl sites for hydroxylation is 1. The van der Waals surface area contributed by atoms with E-state index in [2.05, 4.69) is 32.6 Å². The van der Waals surface area contributed by atoms with Crippen LogP contribution in [0.5, 0.6) is 0 Å². The number of hydrogen-bond donors (Lipinski definition) is 2. The van der Waals surface area contributed by atoms with Gasteiger partial charge in [-0.1, -0.05) is 36.0 Å². The predicted octanol–water partition coefficient (Wildman–Crippen LogP) is 4.54. The summed E-state index contributed by atoms with van der Waals surface area (Å²) in [5.41, 5.74) is 4.14. The lowest BCUT2D eigenvalue weighted by atomic mass is 9.88. The molecule has 0 fully saturated rings. The largest absolute Gasteiger partial charge is 0.352 e. The molecular weight excluding hydrogens is 387 g/mol. The van der Waals surface area contributed by atoms with Crippen molar-refractivity contribution in [1.82, 2.24) is 20.5 Å². The summed E-state index contributed by atoms with van der Waals surface area (Å²) in [5.74, 6) is -0.0786. The van der Waals surface area contributed by atoms with Crippen LogP contribution in [0, 0.1) is 5.82 Å². The van der Waals surface area contributed by atoms with E-state index in [1.165, 1.54) is 35.0 Å². The minimum atomic E-state index is -0.295. The molecule has 2 heterocycles. The van der Waals surface area contributed by atoms with Crippen LogP contribution in [0.2, 0.25) is 0 Å². The molecule has 7 heteroatoms. The van der Waals surface area contributed by atoms with E-state index in [1.807, 2.05) is 12.1 Å². The number of aromatic amines is 1. The predicted molar refractivity (Wildman–Crippen MR) is 112 cm³/mol. The van der Waals surface area contributed by atoms with Gasteiger partial charge in [0.2, 0.25) is 5.91 Å². The van der Waals surface area contributed by atoms with Gasteiger partial charge in [-0.05, 0) is 48.6 Å². The number of carbonyl (C=O) groups excluding carboxylic acids is 1. The second kappa shape index (κ2) is 7.48. The molecule has 2 aromatic carbocycles. The fraction of sp³-hybridized carbons (Fsp3) is 0.227. The number of aromatic nitrogens is 3. The van der Waals surface area contributed by atoms with E-state index >= 15 is 0 Å². The van der Waals surface area contributed by atoms with Crippen LogP contribution < -0.4 is 5.32 Å². The number of thioether (sulfide) groups is 1. The number of nitrogens with one attached hydrogen (secondary N) is 2. The van der Waals surface area contributed by atoms with Crippen molar-refractivity contribution in [3.05, 3.63) is 65.6 Å². The fourth-order valence-corrected chi connectivity index (χ4v) is 4.81. The zero-order chi connectivity index (χ0) is 19.8. The molecule has 2 N–H and O–H groups in total. The first-order chi connectivity index (χ1) is 14.2. The van der Waals surface area contributed by atoms with E-state index in [-0.39, 0.29) is 23.5 Å². The Morgan fingerprint density at radius 3 is 3.07 bits per heavy atom. The van der Waals surface area contributed by atoms with Crippen LogP contribution in [0.3, 0.4) is 0 Å². The van der Waals surface area contributed by atoms with Crippen LogP contribution in [0.1, 0.15) is 30.0 Å². The van der Waals surface area contributed by atoms with Gasteiger partial charge in [0, 0.05) is 16.3 Å². The molecule has 0 bridgehead atoms. The molecule has 0 aliphatic heterocycles. The Labute approximate surface area is 171 Å². The minimum absolute atomic E-state index is 0.0299. The van der Waals surface area contributed by atoms with Crippen molar-refractivity contribution in [2.24, 2.45) is 0 Å². The van der Waals surface area contributed by atoms with Crippen molar-refractivity contribution in [1.29, 1.82) is 0 Å². The average molecular weight is 406 g/mol. The number of rotatable bonds is 4. The number of hydrogen-bond acceptors (Lipinski definition) is 4. The summed E-state index contributed by atoms with van der Waals surface area (Å²) in [6.07, 6.45) is 4.72. The molecule has 2 aromatic heterocycles. The molecular formula is C22H19FN4OS. The van der Waals surface area contributed by atoms with Gasteiger partial charge < -0.3 is 10.3 Å². The van der Waals surface area contributed by atoms with Crippen molar-refractivity contribution in [2.45, 2.75) is 30.3 Å². The van der Waals surface area contributed by atoms with E-state index in [0.717, 1.165) is 41.1 Å². The fourth-order valence-electron chi connectivity index (χ4n) is 4.05. The van der Waals surface area contributed by atoms with Gasteiger partial charge in [-0.25, -0.2) is 4.39 Å². The lowest BCUT2D eigenvalue weighted by Crippen LogP contribution is -2.32. The summed E-state index contributed by atoms with van der Waals surface area (Å²) in [7, 11) is 0. The normalized spacial score (nSPS) is 16.1. The third-order valence-electron chi connectivity index (χ3n) is 5.39. The Bertz CT molecular complexity index is 1220. The molecule has 29 heavy (non-hydrogen) atoms. The van der Waals surface area contributed by atoms with Gasteiger partial charge in [0.25, 0.3) is 0 Å². The summed E-state index contributed by atoms with van der Waals surface area (Å²) in [6, 6.07) is 13.0. The summed E-state index contributed by atoms with van der Waals surface area (Å²) in [5, 5.41) is 13.6. The third-order valence-corrected chi connectivity index (χ3v) is 6.36. The summed E-state index contributed by atoms with van der Waals surface area (Å²) in [4.78, 5) is 15.9. The van der Waals surface area contributed by atoms with Gasteiger partial charge in [-0.15, -0.1) is 5.10 Å². The highest BCUT2D eigenvalue weighted by atomic mass is 32.2. The van der Waals surface area contributed by atoms with Crippen molar-refractivity contribution >= 4 is 39.5 Å². The molecule has 5 nitrogen and oxygen atoms in total. The topological polar surface area (TPSA) is 70.7 Å². The molecule has 1 aliphatic carbocycles. The molecule has 0 spiro atoms. The maximum Gasteiger partial charge on any atom is 0.230 e. The lowest BCUT2D eigenvalue weighted by Gasteiger charge is -2.26. The number of amides is 1. The van der Waals surface area contributed by atoms with Gasteiger partial charge >= 0.3 is 0 Å². The first-order valence-electron chi connectivity index (χ1n) is 9.61. The van der Waals surface area contributed by atoms with E-state index < -0.39 is 0 Å². The van der Waals surface area contributed by atoms with Crippen LogP contribution in [0.15, 0.2) is 53.7 Å². The molecule has 4 aromatic rings. The van der Waals surface area contributed by atoms with Crippen molar-refractivity contribution in [2.75, 3.05) is 5.75 Å². The zero-order valence-corrected chi connectivity index (χ0v) is 16.4. The highest BCUT2D eigenvalue weighted by Crippen LogP contribution is 2.32. The smallest absolute Gasteiger partial charge is 0.230 e. The maximum absolute atomic E-state index is 13.6. The Hall–Kier alpha value is -2.93. The van der Waals surface area contributed by atoms with Crippen LogP contribution in [0.25, 0.3) is 21.8 Å². The van der Waals surface area contributed by atoms with Crippen molar-refractivity contribution in [3.63, 3.8) is 0 Å². The van der Waals surface area contributed by atoms with Gasteiger partial charge in [-0.2, -0.15) is 5.10 Å². The summed E-state index contributed by atoms with van der Waals surface area (Å²) in [6.45, 7) is 0. The number of carbonyl (C=O) groups is 1. The van der Waals surface area contributed by atoms with Gasteiger partial charge in [0.15, 0.2) is 0 Å². The van der Waals surface area contributed by atoms with Crippen molar-refractivity contribution in [3.8, 4) is 0 Å². The van der Waals surface area contributed by atoms with E-state index in [1.54, 1.807) is 12.3 Å². The Morgan fingerprint density at radius 1 is 1.24 bits per heavy atom. The third kappa shape index (κ3) is 3.46. The molecule has 1 amide bonds. The second-order valence-electron chi connectivity index (χ2n) is 7.25. The number of H-pyrrole nitrogens is 1. The summed E-state index contributed by atoms with van der Waals surface area (Å²) >= 11 is 1.34. The first kappa shape index (κ1) is 18.1. The van der Waals surface area contributed by atoms with Gasteiger partial charge in [0.05, 0.1) is 23.5 Å². The number of fused-ring (bicyclic) bond motifs is 4. The number of nitrogens with zero attached hydrogens (tertiary/aromatic N) is 2. The highest BCUT2D eigenvalue weighted by molar-refractivity contribution is 8.00. The molecule has 0 saturated heterocycles. The monoisotopic (exact) mass is 406 g/mol. The Morgan fingerprint density at radius 2 is 2.14 bits per heavy atom. The number of halogens is 1. The average Bonchev–Trinajstić information content (AvgIpc) is 3.11. The Balaban J connectivity index is 1.33. The molecule has 0 radical (unpaired) electrons. The van der Waals surface area contributed by atoms with E-state index in [4.69, 9.17) is 0 Å². The van der Waals surface area contributed by atoms with Crippen molar-refractivity contribution < 1.29 is 9.18 Å². The quantitative estimate of drug-likeness (QED) is 0.488. The molecule has 0 saturated carbocycles. The van der Waals surface area contributed by atoms with Gasteiger partial charge in [-0.3, -0.25) is 4.79 Å². The second-order valence-corrected chi connectivity index (χ2v) is 8.22. The first-order valence-corrected chi connectivity index (χ1v) is 10.6. The van der Waals surface area contributed by atoms with Crippen LogP contribution in [-0.2, 0) is 11.2 Å². The van der Waals surface area contributed by atoms with Gasteiger partial charge in [0.1, 0.15) is 10.8 Å². The Kier molecular flexibility index (Phi) is 4.67. The molecule has 1 aliphatic rings. The van der Waals surface area contributed by atoms with Crippen LogP contribution in [0.4, 0.5) is 4.39 Å². The standard InChI is InChI=1S/C22H19FN4OS/c23-14-8-9-19-16(10-14)17-11-24-27-22(21(17)26-19)29-12-20(28)25-18-7-3-5-13-4-1-2-6-15(13)18/h1-2,4,6,8-11,18,26H,3,5,7,12H2,(H,25,28)/t18-/m0/s1. The molecule has 1 atom stereocenters.